The van der Waals surface area contributed by atoms with Gasteiger partial charge in [0.1, 0.15) is 22.6 Å². The summed E-state index contributed by atoms with van der Waals surface area (Å²) in [6, 6.07) is 11.9. The van der Waals surface area contributed by atoms with Gasteiger partial charge in [-0.05, 0) is 37.1 Å². The van der Waals surface area contributed by atoms with Crippen LogP contribution < -0.4 is 9.47 Å². The van der Waals surface area contributed by atoms with Crippen molar-refractivity contribution in [2.24, 2.45) is 0 Å². The number of carbonyl (C=O) groups excluding carboxylic acids is 6. The van der Waals surface area contributed by atoms with E-state index in [1.165, 1.54) is 24.3 Å². The summed E-state index contributed by atoms with van der Waals surface area (Å²) in [4.78, 5) is 70.1. The minimum atomic E-state index is -0.906. The molecule has 10 nitrogen and oxygen atoms in total. The van der Waals surface area contributed by atoms with Gasteiger partial charge in [0.05, 0.1) is 0 Å². The molecule has 10 heteroatoms. The normalized spacial score (nSPS) is 10.2. The molecule has 0 radical (unpaired) electrons. The van der Waals surface area contributed by atoms with E-state index in [1.54, 1.807) is 24.3 Å². The maximum atomic E-state index is 12.1. The highest BCUT2D eigenvalue weighted by atomic mass is 16.6. The predicted molar refractivity (Wildman–Crippen MR) is 124 cm³/mol. The van der Waals surface area contributed by atoms with Crippen LogP contribution in [0.2, 0.25) is 0 Å². The van der Waals surface area contributed by atoms with Crippen LogP contribution in [0.25, 0.3) is 0 Å². The lowest BCUT2D eigenvalue weighted by molar-refractivity contribution is -0.136. The third kappa shape index (κ3) is 9.49. The molecular weight excluding hydrogens is 472 g/mol. The second kappa shape index (κ2) is 14.1. The smallest absolute Gasteiger partial charge is 0.349 e. The van der Waals surface area contributed by atoms with Crippen LogP contribution in [0, 0.1) is 0 Å². The zero-order chi connectivity index (χ0) is 26.5. The van der Waals surface area contributed by atoms with Crippen molar-refractivity contribution in [2.45, 2.75) is 52.4 Å². The fourth-order valence-corrected chi connectivity index (χ4v) is 3.06. The summed E-state index contributed by atoms with van der Waals surface area (Å²) >= 11 is 0. The molecule has 0 atom stereocenters. The van der Waals surface area contributed by atoms with Gasteiger partial charge in [0.15, 0.2) is 0 Å². The van der Waals surface area contributed by atoms with Gasteiger partial charge in [-0.3, -0.25) is 19.2 Å². The predicted octanol–water partition coefficient (Wildman–Crippen LogP) is 3.94. The van der Waals surface area contributed by atoms with Crippen LogP contribution in [0.1, 0.15) is 73.1 Å². The van der Waals surface area contributed by atoms with Crippen LogP contribution in [0.5, 0.6) is 11.5 Å². The summed E-state index contributed by atoms with van der Waals surface area (Å²) < 4.78 is 19.5. The summed E-state index contributed by atoms with van der Waals surface area (Å²) in [7, 11) is 0. The van der Waals surface area contributed by atoms with Gasteiger partial charge >= 0.3 is 35.8 Å². The Morgan fingerprint density at radius 2 is 0.917 bits per heavy atom. The lowest BCUT2D eigenvalue weighted by Crippen LogP contribution is -2.14. The van der Waals surface area contributed by atoms with E-state index in [-0.39, 0.29) is 35.5 Å². The average Bonchev–Trinajstić information content (AvgIpc) is 2.81. The first-order chi connectivity index (χ1) is 17.2. The molecule has 0 unspecified atom stereocenters. The molecule has 190 valence electrons. The monoisotopic (exact) mass is 498 g/mol. The van der Waals surface area contributed by atoms with Gasteiger partial charge < -0.3 is 18.9 Å². The molecule has 0 bridgehead atoms. The van der Waals surface area contributed by atoms with Crippen molar-refractivity contribution in [3.63, 3.8) is 0 Å². The zero-order valence-electron chi connectivity index (χ0n) is 19.9. The molecule has 0 saturated carbocycles. The Bertz CT molecular complexity index is 1050. The van der Waals surface area contributed by atoms with Crippen LogP contribution in [0.15, 0.2) is 48.5 Å². The standard InChI is InChI=1S/C26H26O10/c1-17(27)33-25(31)19-11-7-9-13-21(19)35-23(29)15-5-3-4-6-16-24(30)36-22-14-10-8-12-20(22)26(32)34-18(2)28/h7-14H,3-6,15-16H2,1-2H3. The van der Waals surface area contributed by atoms with E-state index in [4.69, 9.17) is 9.47 Å². The second-order valence-electron chi connectivity index (χ2n) is 7.62. The summed E-state index contributed by atoms with van der Waals surface area (Å²) in [5.41, 5.74) is -0.0635. The molecule has 0 N–H and O–H groups in total. The third-order valence-electron chi connectivity index (χ3n) is 4.65. The number of para-hydroxylation sites is 2. The lowest BCUT2D eigenvalue weighted by atomic mass is 10.1. The van der Waals surface area contributed by atoms with Crippen LogP contribution >= 0.6 is 0 Å². The second-order valence-corrected chi connectivity index (χ2v) is 7.62. The molecule has 0 fully saturated rings. The molecule has 0 spiro atoms. The van der Waals surface area contributed by atoms with Crippen molar-refractivity contribution in [1.29, 1.82) is 0 Å². The first-order valence-corrected chi connectivity index (χ1v) is 11.2. The molecule has 0 heterocycles. The highest BCUT2D eigenvalue weighted by Gasteiger charge is 2.19. The first-order valence-electron chi connectivity index (χ1n) is 11.2. The highest BCUT2D eigenvalue weighted by molar-refractivity contribution is 5.99. The minimum Gasteiger partial charge on any atom is -0.426 e. The fourth-order valence-electron chi connectivity index (χ4n) is 3.06. The largest absolute Gasteiger partial charge is 0.426 e. The molecular formula is C26H26O10. The van der Waals surface area contributed by atoms with Crippen molar-refractivity contribution < 1.29 is 47.7 Å². The van der Waals surface area contributed by atoms with Gasteiger partial charge in [0.2, 0.25) is 0 Å². The van der Waals surface area contributed by atoms with E-state index >= 15 is 0 Å². The van der Waals surface area contributed by atoms with Crippen LogP contribution in [0.4, 0.5) is 0 Å². The lowest BCUT2D eigenvalue weighted by Gasteiger charge is -2.09. The number of esters is 6. The molecule has 0 aliphatic heterocycles. The summed E-state index contributed by atoms with van der Waals surface area (Å²) in [6.07, 6.45) is 2.44. The Morgan fingerprint density at radius 3 is 1.28 bits per heavy atom. The third-order valence-corrected chi connectivity index (χ3v) is 4.65. The van der Waals surface area contributed by atoms with Gasteiger partial charge in [-0.2, -0.15) is 0 Å². The van der Waals surface area contributed by atoms with E-state index in [0.717, 1.165) is 13.8 Å². The molecule has 2 aromatic carbocycles. The molecule has 2 rings (SSSR count). The van der Waals surface area contributed by atoms with E-state index in [1.807, 2.05) is 0 Å². The first kappa shape index (κ1) is 27.9. The van der Waals surface area contributed by atoms with Gasteiger partial charge in [0.25, 0.3) is 0 Å². The van der Waals surface area contributed by atoms with Crippen molar-refractivity contribution >= 4 is 35.8 Å². The molecule has 0 amide bonds. The van der Waals surface area contributed by atoms with Gasteiger partial charge in [0, 0.05) is 26.7 Å². The molecule has 0 aromatic heterocycles. The molecule has 36 heavy (non-hydrogen) atoms. The van der Waals surface area contributed by atoms with Gasteiger partial charge in [-0.1, -0.05) is 37.1 Å². The van der Waals surface area contributed by atoms with Crippen LogP contribution in [0.3, 0.4) is 0 Å². The Kier molecular flexibility index (Phi) is 11.0. The molecule has 0 saturated heterocycles. The number of benzene rings is 2. The zero-order valence-corrected chi connectivity index (χ0v) is 19.9. The molecule has 2 aromatic rings. The number of rotatable bonds is 11. The molecule has 0 aliphatic rings. The van der Waals surface area contributed by atoms with Gasteiger partial charge in [-0.25, -0.2) is 9.59 Å². The van der Waals surface area contributed by atoms with E-state index in [2.05, 4.69) is 9.47 Å². The maximum absolute atomic E-state index is 12.1. The van der Waals surface area contributed by atoms with Crippen LogP contribution in [-0.2, 0) is 28.7 Å². The Hall–Kier alpha value is -4.34. The summed E-state index contributed by atoms with van der Waals surface area (Å²) in [5, 5.41) is 0. The van der Waals surface area contributed by atoms with Gasteiger partial charge in [-0.15, -0.1) is 0 Å². The van der Waals surface area contributed by atoms with Crippen molar-refractivity contribution in [3.05, 3.63) is 59.7 Å². The molecule has 0 aliphatic carbocycles. The van der Waals surface area contributed by atoms with E-state index in [9.17, 15) is 28.8 Å². The van der Waals surface area contributed by atoms with E-state index < -0.39 is 35.8 Å². The quantitative estimate of drug-likeness (QED) is 0.194. The minimum absolute atomic E-state index is 0.00367. The number of hydrogen-bond acceptors (Lipinski definition) is 10. The summed E-state index contributed by atoms with van der Waals surface area (Å²) in [5.74, 6) is -4.45. The average molecular weight is 498 g/mol. The number of unbranched alkanes of at least 4 members (excludes halogenated alkanes) is 3. The van der Waals surface area contributed by atoms with Crippen molar-refractivity contribution in [2.75, 3.05) is 0 Å². The fraction of sp³-hybridized carbons (Fsp3) is 0.308. The highest BCUT2D eigenvalue weighted by Crippen LogP contribution is 2.21. The van der Waals surface area contributed by atoms with Crippen LogP contribution in [-0.4, -0.2) is 35.8 Å². The van der Waals surface area contributed by atoms with Crippen molar-refractivity contribution in [1.82, 2.24) is 0 Å². The maximum Gasteiger partial charge on any atom is 0.349 e. The number of ether oxygens (including phenoxy) is 4. The van der Waals surface area contributed by atoms with Crippen molar-refractivity contribution in [3.8, 4) is 11.5 Å². The Morgan fingerprint density at radius 1 is 0.556 bits per heavy atom. The van der Waals surface area contributed by atoms with E-state index in [0.29, 0.717) is 25.7 Å². The summed E-state index contributed by atoms with van der Waals surface area (Å²) in [6.45, 7) is 2.19. The Balaban J connectivity index is 1.72. The Labute approximate surface area is 207 Å². The SMILES string of the molecule is CC(=O)OC(=O)c1ccccc1OC(=O)CCCCCCC(=O)Oc1ccccc1C(=O)OC(C)=O. The number of carbonyl (C=O) groups is 6. The number of hydrogen-bond donors (Lipinski definition) is 0. The topological polar surface area (TPSA) is 139 Å².